The van der Waals surface area contributed by atoms with Gasteiger partial charge in [-0.2, -0.15) is 0 Å². The van der Waals surface area contributed by atoms with Gasteiger partial charge >= 0.3 is 0 Å². The number of hydrogen-bond acceptors (Lipinski definition) is 2. The van der Waals surface area contributed by atoms with Crippen molar-refractivity contribution in [3.63, 3.8) is 0 Å². The highest BCUT2D eigenvalue weighted by atomic mass is 19.3. The van der Waals surface area contributed by atoms with Crippen LogP contribution in [0.25, 0.3) is 10.8 Å². The number of nitrogens with zero attached hydrogens (tertiary/aromatic N) is 1. The van der Waals surface area contributed by atoms with Crippen LogP contribution in [0.1, 0.15) is 62.5 Å². The second kappa shape index (κ2) is 11.3. The monoisotopic (exact) mass is 505 g/mol. The zero-order valence-electron chi connectivity index (χ0n) is 21.4. The molecule has 37 heavy (non-hydrogen) atoms. The highest BCUT2D eigenvalue weighted by Gasteiger charge is 2.47. The van der Waals surface area contributed by atoms with Gasteiger partial charge in [-0.05, 0) is 72.1 Å². The lowest BCUT2D eigenvalue weighted by molar-refractivity contribution is -0.154. The van der Waals surface area contributed by atoms with Crippen LogP contribution >= 0.6 is 0 Å². The summed E-state index contributed by atoms with van der Waals surface area (Å²) in [5.74, 6) is -3.47. The fraction of sp³-hybridized carbons (Fsp3) is 0.469. The molecule has 2 aliphatic rings. The Labute approximate surface area is 218 Å². The van der Waals surface area contributed by atoms with E-state index in [1.54, 1.807) is 4.90 Å². The van der Waals surface area contributed by atoms with Gasteiger partial charge in [-0.3, -0.25) is 4.79 Å². The third-order valence-corrected chi connectivity index (χ3v) is 8.41. The van der Waals surface area contributed by atoms with Crippen LogP contribution in [0.2, 0.25) is 0 Å². The smallest absolute Gasteiger partial charge is 0.274 e. The van der Waals surface area contributed by atoms with E-state index in [0.717, 1.165) is 34.4 Å². The highest BCUT2D eigenvalue weighted by molar-refractivity contribution is 5.95. The van der Waals surface area contributed by atoms with Crippen LogP contribution in [0.5, 0.6) is 0 Å². The van der Waals surface area contributed by atoms with Gasteiger partial charge < -0.3 is 10.0 Å². The van der Waals surface area contributed by atoms with E-state index in [9.17, 15) is 18.7 Å². The molecule has 2 aliphatic carbocycles. The van der Waals surface area contributed by atoms with E-state index in [1.165, 1.54) is 37.7 Å². The van der Waals surface area contributed by atoms with Crippen LogP contribution in [0.15, 0.2) is 66.7 Å². The summed E-state index contributed by atoms with van der Waals surface area (Å²) in [4.78, 5) is 15.3. The number of hydrogen-bond donors (Lipinski definition) is 1. The Morgan fingerprint density at radius 2 is 1.57 bits per heavy atom. The van der Waals surface area contributed by atoms with E-state index in [0.29, 0.717) is 13.0 Å². The Hall–Kier alpha value is -2.79. The number of benzene rings is 3. The van der Waals surface area contributed by atoms with Crippen LogP contribution in [0.3, 0.4) is 0 Å². The number of carbonyl (C=O) groups excluding carboxylic acids is 1. The molecule has 0 radical (unpaired) electrons. The predicted octanol–water partition coefficient (Wildman–Crippen LogP) is 7.33. The average Bonchev–Trinajstić information content (AvgIpc) is 3.43. The molecule has 2 fully saturated rings. The molecule has 0 saturated heterocycles. The summed E-state index contributed by atoms with van der Waals surface area (Å²) in [5.41, 5.74) is 3.11. The van der Waals surface area contributed by atoms with Crippen LogP contribution < -0.4 is 4.90 Å². The van der Waals surface area contributed by atoms with Gasteiger partial charge in [-0.25, -0.2) is 8.78 Å². The molecule has 196 valence electrons. The van der Waals surface area contributed by atoms with E-state index in [1.807, 2.05) is 24.3 Å². The summed E-state index contributed by atoms with van der Waals surface area (Å²) in [6.07, 6.45) is 6.16. The highest BCUT2D eigenvalue weighted by Crippen LogP contribution is 2.38. The molecule has 1 N–H and O–H groups in total. The van der Waals surface area contributed by atoms with E-state index in [-0.39, 0.29) is 18.7 Å². The second-order valence-electron chi connectivity index (χ2n) is 11.0. The van der Waals surface area contributed by atoms with Crippen molar-refractivity contribution in [3.05, 3.63) is 77.9 Å². The maximum absolute atomic E-state index is 14.3. The van der Waals surface area contributed by atoms with Crippen molar-refractivity contribution < 1.29 is 18.7 Å². The van der Waals surface area contributed by atoms with Crippen molar-refractivity contribution >= 4 is 22.4 Å². The van der Waals surface area contributed by atoms with E-state index in [4.69, 9.17) is 0 Å². The third-order valence-electron chi connectivity index (χ3n) is 8.41. The van der Waals surface area contributed by atoms with Crippen molar-refractivity contribution in [3.8, 4) is 0 Å². The zero-order valence-corrected chi connectivity index (χ0v) is 21.4. The summed E-state index contributed by atoms with van der Waals surface area (Å²) in [6.45, 7) is 0.420. The summed E-state index contributed by atoms with van der Waals surface area (Å²) >= 11 is 0. The molecule has 0 aliphatic heterocycles. The number of aliphatic hydroxyl groups excluding tert-OH is 1. The predicted molar refractivity (Wildman–Crippen MR) is 145 cm³/mol. The molecule has 0 bridgehead atoms. The minimum atomic E-state index is -3.23. The van der Waals surface area contributed by atoms with Crippen molar-refractivity contribution in [1.82, 2.24) is 0 Å². The molecule has 3 aromatic rings. The van der Waals surface area contributed by atoms with Gasteiger partial charge in [-0.15, -0.1) is 0 Å². The van der Waals surface area contributed by atoms with Crippen LogP contribution in [0, 0.1) is 11.8 Å². The molecule has 5 rings (SSSR count). The Balaban J connectivity index is 1.33. The van der Waals surface area contributed by atoms with Crippen molar-refractivity contribution in [2.24, 2.45) is 11.8 Å². The minimum Gasteiger partial charge on any atom is -0.387 e. The maximum Gasteiger partial charge on any atom is 0.274 e. The van der Waals surface area contributed by atoms with E-state index in [2.05, 4.69) is 42.5 Å². The zero-order chi connectivity index (χ0) is 25.8. The van der Waals surface area contributed by atoms with Gasteiger partial charge in [0.15, 0.2) is 0 Å². The SMILES string of the molecule is O=C([C@@H]1CC[C@@H](O)C(F)(F)C1)N(CCc1ccc2ccccc2c1)c1ccc(CCC2CCCC2)cc1. The van der Waals surface area contributed by atoms with Gasteiger partial charge in [0.25, 0.3) is 5.92 Å². The van der Waals surface area contributed by atoms with Crippen LogP contribution in [-0.4, -0.2) is 29.6 Å². The Morgan fingerprint density at radius 3 is 2.30 bits per heavy atom. The topological polar surface area (TPSA) is 40.5 Å². The van der Waals surface area contributed by atoms with Gasteiger partial charge in [0.05, 0.1) is 0 Å². The van der Waals surface area contributed by atoms with Gasteiger partial charge in [-0.1, -0.05) is 80.3 Å². The number of carbonyl (C=O) groups is 1. The van der Waals surface area contributed by atoms with Gasteiger partial charge in [0.1, 0.15) is 6.10 Å². The number of anilines is 1. The molecule has 3 aromatic carbocycles. The first-order valence-electron chi connectivity index (χ1n) is 13.8. The van der Waals surface area contributed by atoms with E-state index < -0.39 is 24.4 Å². The molecule has 2 atom stereocenters. The number of amides is 1. The molecule has 0 unspecified atom stereocenters. The molecule has 0 aromatic heterocycles. The van der Waals surface area contributed by atoms with Crippen molar-refractivity contribution in [1.29, 1.82) is 0 Å². The lowest BCUT2D eigenvalue weighted by Crippen LogP contribution is -2.46. The quantitative estimate of drug-likeness (QED) is 0.348. The number of alkyl halides is 2. The molecular formula is C32H37F2NO2. The van der Waals surface area contributed by atoms with Crippen molar-refractivity contribution in [2.45, 2.75) is 76.2 Å². The Morgan fingerprint density at radius 1 is 0.865 bits per heavy atom. The largest absolute Gasteiger partial charge is 0.387 e. The maximum atomic E-state index is 14.3. The molecule has 1 amide bonds. The number of rotatable bonds is 8. The summed E-state index contributed by atoms with van der Waals surface area (Å²) in [5, 5.41) is 12.0. The van der Waals surface area contributed by atoms with Crippen LogP contribution in [-0.2, 0) is 17.6 Å². The second-order valence-corrected chi connectivity index (χ2v) is 11.0. The van der Waals surface area contributed by atoms with Crippen molar-refractivity contribution in [2.75, 3.05) is 11.4 Å². The normalized spacial score (nSPS) is 21.8. The first kappa shape index (κ1) is 25.8. The summed E-state index contributed by atoms with van der Waals surface area (Å²) in [7, 11) is 0. The molecule has 5 heteroatoms. The third kappa shape index (κ3) is 6.20. The van der Waals surface area contributed by atoms with Gasteiger partial charge in [0, 0.05) is 24.6 Å². The molecule has 0 spiro atoms. The first-order valence-corrected chi connectivity index (χ1v) is 13.8. The number of fused-ring (bicyclic) bond motifs is 1. The standard InChI is InChI=1S/C32H37F2NO2/c33-32(34)22-28(15-18-30(32)36)31(37)35(20-19-25-11-14-26-7-3-4-8-27(26)21-25)29-16-12-24(13-17-29)10-9-23-5-1-2-6-23/h3-4,7-8,11-14,16-17,21,23,28,30,36H,1-2,5-6,9-10,15,18-20,22H2/t28-,30-/m1/s1. The Kier molecular flexibility index (Phi) is 7.89. The molecule has 0 heterocycles. The number of halogens is 2. The molecule has 2 saturated carbocycles. The minimum absolute atomic E-state index is 0.0535. The molecular weight excluding hydrogens is 468 g/mol. The lowest BCUT2D eigenvalue weighted by Gasteiger charge is -2.35. The van der Waals surface area contributed by atoms with Gasteiger partial charge in [0.2, 0.25) is 5.91 Å². The summed E-state index contributed by atoms with van der Waals surface area (Å²) < 4.78 is 28.6. The average molecular weight is 506 g/mol. The Bertz CT molecular complexity index is 1200. The van der Waals surface area contributed by atoms with E-state index >= 15 is 0 Å². The fourth-order valence-electron chi connectivity index (χ4n) is 6.08. The first-order chi connectivity index (χ1) is 17.9. The number of aryl methyl sites for hydroxylation is 1. The number of aliphatic hydroxyl groups is 1. The van der Waals surface area contributed by atoms with Crippen LogP contribution in [0.4, 0.5) is 14.5 Å². The fourth-order valence-corrected chi connectivity index (χ4v) is 6.08. The summed E-state index contributed by atoms with van der Waals surface area (Å²) in [6, 6.07) is 22.6. The molecule has 3 nitrogen and oxygen atoms in total. The lowest BCUT2D eigenvalue weighted by atomic mass is 9.83.